The predicted molar refractivity (Wildman–Crippen MR) is 209 cm³/mol. The van der Waals surface area contributed by atoms with Gasteiger partial charge in [0, 0.05) is 27.6 Å². The van der Waals surface area contributed by atoms with Gasteiger partial charge in [-0.25, -0.2) is 0 Å². The van der Waals surface area contributed by atoms with Gasteiger partial charge in [-0.3, -0.25) is 0 Å². The first-order chi connectivity index (χ1) is 24.8. The molecule has 0 saturated heterocycles. The van der Waals surface area contributed by atoms with Crippen LogP contribution in [0.2, 0.25) is 0 Å². The average Bonchev–Trinajstić information content (AvgIpc) is 3.73. The average molecular weight is 639 g/mol. The Kier molecular flexibility index (Phi) is 5.82. The molecule has 1 unspecified atom stereocenters. The summed E-state index contributed by atoms with van der Waals surface area (Å²) in [5, 5.41) is 10.9. The van der Waals surface area contributed by atoms with Crippen molar-refractivity contribution in [2.45, 2.75) is 12.3 Å². The number of para-hydroxylation sites is 1. The van der Waals surface area contributed by atoms with Crippen molar-refractivity contribution in [3.8, 4) is 22.3 Å². The fraction of sp³-hybridized carbons (Fsp3) is 0.0417. The van der Waals surface area contributed by atoms with E-state index in [-0.39, 0.29) is 5.92 Å². The van der Waals surface area contributed by atoms with Crippen molar-refractivity contribution < 1.29 is 8.83 Å². The highest BCUT2D eigenvalue weighted by atomic mass is 16.3. The van der Waals surface area contributed by atoms with Gasteiger partial charge in [0.1, 0.15) is 22.5 Å². The molecule has 234 valence electrons. The molecule has 10 aromatic rings. The van der Waals surface area contributed by atoms with Crippen LogP contribution in [0.15, 0.2) is 167 Å². The van der Waals surface area contributed by atoms with E-state index in [2.05, 4.69) is 158 Å². The van der Waals surface area contributed by atoms with Gasteiger partial charge in [-0.05, 0) is 103 Å². The van der Waals surface area contributed by atoms with E-state index in [1.807, 2.05) is 6.07 Å². The van der Waals surface area contributed by atoms with E-state index in [0.29, 0.717) is 0 Å². The molecular formula is C48H30O2. The van der Waals surface area contributed by atoms with Gasteiger partial charge in [0.25, 0.3) is 0 Å². The molecule has 1 atom stereocenters. The number of furan rings is 2. The minimum absolute atomic E-state index is 0.272. The van der Waals surface area contributed by atoms with Crippen molar-refractivity contribution in [1.82, 2.24) is 0 Å². The molecule has 0 spiro atoms. The highest BCUT2D eigenvalue weighted by Gasteiger charge is 2.23. The maximum Gasteiger partial charge on any atom is 0.136 e. The molecule has 0 fully saturated rings. The van der Waals surface area contributed by atoms with Crippen LogP contribution in [0, 0.1) is 0 Å². The van der Waals surface area contributed by atoms with Crippen molar-refractivity contribution in [2.24, 2.45) is 0 Å². The third kappa shape index (κ3) is 4.09. The lowest BCUT2D eigenvalue weighted by Gasteiger charge is -2.20. The van der Waals surface area contributed by atoms with Gasteiger partial charge < -0.3 is 8.83 Å². The normalized spacial score (nSPS) is 14.4. The van der Waals surface area contributed by atoms with E-state index in [0.717, 1.165) is 39.7 Å². The van der Waals surface area contributed by atoms with Crippen LogP contribution >= 0.6 is 0 Å². The highest BCUT2D eigenvalue weighted by molar-refractivity contribution is 6.22. The number of rotatable bonds is 3. The molecule has 0 N–H and O–H groups in total. The zero-order valence-electron chi connectivity index (χ0n) is 27.2. The van der Waals surface area contributed by atoms with E-state index < -0.39 is 0 Å². The topological polar surface area (TPSA) is 26.3 Å². The second kappa shape index (κ2) is 10.6. The summed E-state index contributed by atoms with van der Waals surface area (Å²) in [5.41, 5.74) is 10.4. The summed E-state index contributed by atoms with van der Waals surface area (Å²) >= 11 is 0. The fourth-order valence-corrected chi connectivity index (χ4v) is 8.48. The third-order valence-corrected chi connectivity index (χ3v) is 10.8. The molecule has 0 radical (unpaired) electrons. The summed E-state index contributed by atoms with van der Waals surface area (Å²) in [7, 11) is 0. The Hall–Kier alpha value is -6.38. The van der Waals surface area contributed by atoms with Crippen molar-refractivity contribution in [2.75, 3.05) is 0 Å². The Morgan fingerprint density at radius 2 is 1.02 bits per heavy atom. The smallest absolute Gasteiger partial charge is 0.136 e. The molecule has 0 aliphatic heterocycles. The number of fused-ring (bicyclic) bond motifs is 9. The molecule has 2 aromatic heterocycles. The molecule has 11 rings (SSSR count). The van der Waals surface area contributed by atoms with Gasteiger partial charge in [-0.1, -0.05) is 127 Å². The van der Waals surface area contributed by atoms with Gasteiger partial charge in [0.15, 0.2) is 0 Å². The lowest BCUT2D eigenvalue weighted by Crippen LogP contribution is -2.04. The minimum Gasteiger partial charge on any atom is -0.456 e. The summed E-state index contributed by atoms with van der Waals surface area (Å²) < 4.78 is 12.6. The highest BCUT2D eigenvalue weighted by Crippen LogP contribution is 2.46. The SMILES string of the molecule is C1=CC(c2cccc(-c3c4ccccc4c(-c4ccc5oc6cc7ccccc7cc6c5c4)c4ccccc34)c2)Cc2c1oc1ccccc21. The molecule has 2 heteroatoms. The Bertz CT molecular complexity index is 2970. The van der Waals surface area contributed by atoms with Gasteiger partial charge in [-0.2, -0.15) is 0 Å². The molecule has 8 aromatic carbocycles. The standard InChI is InChI=1S/C48H30O2/c1-2-11-31-28-46-42(25-30(31)10-1)41-27-34(21-23-45(41)50-46)48-38-17-5-3-15-36(38)47(37-16-4-6-18-39(37)48)33-13-9-12-29(24-33)32-20-22-44-40(26-32)35-14-7-8-19-43(35)49-44/h1-25,27-28,32H,26H2. The van der Waals surface area contributed by atoms with Crippen molar-refractivity contribution >= 4 is 71.3 Å². The van der Waals surface area contributed by atoms with Crippen LogP contribution in [0.3, 0.4) is 0 Å². The van der Waals surface area contributed by atoms with Crippen molar-refractivity contribution in [1.29, 1.82) is 0 Å². The largest absolute Gasteiger partial charge is 0.456 e. The number of hydrogen-bond donors (Lipinski definition) is 0. The van der Waals surface area contributed by atoms with Crippen LogP contribution in [0.25, 0.3) is 93.6 Å². The van der Waals surface area contributed by atoms with E-state index in [4.69, 9.17) is 8.83 Å². The van der Waals surface area contributed by atoms with Gasteiger partial charge >= 0.3 is 0 Å². The van der Waals surface area contributed by atoms with Crippen LogP contribution in [0.5, 0.6) is 0 Å². The monoisotopic (exact) mass is 638 g/mol. The third-order valence-electron chi connectivity index (χ3n) is 10.8. The molecule has 0 amide bonds. The zero-order valence-corrected chi connectivity index (χ0v) is 27.2. The number of benzene rings is 8. The first-order valence-corrected chi connectivity index (χ1v) is 17.3. The molecule has 2 heterocycles. The Morgan fingerprint density at radius 3 is 1.76 bits per heavy atom. The molecule has 50 heavy (non-hydrogen) atoms. The number of allylic oxidation sites excluding steroid dienone is 1. The molecule has 2 nitrogen and oxygen atoms in total. The second-order valence-electron chi connectivity index (χ2n) is 13.6. The molecule has 1 aliphatic carbocycles. The molecular weight excluding hydrogens is 609 g/mol. The van der Waals surface area contributed by atoms with Gasteiger partial charge in [0.05, 0.1) is 0 Å². The summed E-state index contributed by atoms with van der Waals surface area (Å²) in [6.45, 7) is 0. The van der Waals surface area contributed by atoms with Crippen molar-refractivity contribution in [3.05, 3.63) is 175 Å². The minimum atomic E-state index is 0.272. The van der Waals surface area contributed by atoms with Crippen LogP contribution in [-0.2, 0) is 6.42 Å². The van der Waals surface area contributed by atoms with E-state index in [9.17, 15) is 0 Å². The van der Waals surface area contributed by atoms with Crippen LogP contribution in [0.1, 0.15) is 22.8 Å². The fourth-order valence-electron chi connectivity index (χ4n) is 8.48. The van der Waals surface area contributed by atoms with Crippen LogP contribution < -0.4 is 0 Å². The van der Waals surface area contributed by atoms with Crippen molar-refractivity contribution in [3.63, 3.8) is 0 Å². The maximum atomic E-state index is 6.39. The Balaban J connectivity index is 1.09. The van der Waals surface area contributed by atoms with Crippen LogP contribution in [0.4, 0.5) is 0 Å². The predicted octanol–water partition coefficient (Wildman–Crippen LogP) is 13.5. The Morgan fingerprint density at radius 1 is 0.420 bits per heavy atom. The molecule has 1 aliphatic rings. The van der Waals surface area contributed by atoms with Crippen LogP contribution in [-0.4, -0.2) is 0 Å². The second-order valence-corrected chi connectivity index (χ2v) is 13.6. The summed E-state index contributed by atoms with van der Waals surface area (Å²) in [6, 6.07) is 55.0. The molecule has 0 saturated carbocycles. The first kappa shape index (κ1) is 27.6. The maximum absolute atomic E-state index is 6.39. The van der Waals surface area contributed by atoms with E-state index in [1.54, 1.807) is 0 Å². The van der Waals surface area contributed by atoms with Gasteiger partial charge in [0.2, 0.25) is 0 Å². The number of hydrogen-bond acceptors (Lipinski definition) is 2. The van der Waals surface area contributed by atoms with Gasteiger partial charge in [-0.15, -0.1) is 0 Å². The van der Waals surface area contributed by atoms with E-state index >= 15 is 0 Å². The first-order valence-electron chi connectivity index (χ1n) is 17.3. The summed E-state index contributed by atoms with van der Waals surface area (Å²) in [6.07, 6.45) is 5.40. The summed E-state index contributed by atoms with van der Waals surface area (Å²) in [5.74, 6) is 1.26. The quantitative estimate of drug-likeness (QED) is 0.180. The Labute approximate surface area is 288 Å². The zero-order chi connectivity index (χ0) is 32.8. The summed E-state index contributed by atoms with van der Waals surface area (Å²) in [4.78, 5) is 0. The van der Waals surface area contributed by atoms with E-state index in [1.165, 1.54) is 71.1 Å². The molecule has 0 bridgehead atoms. The lowest BCUT2D eigenvalue weighted by molar-refractivity contribution is 0.591. The lowest BCUT2D eigenvalue weighted by atomic mass is 9.83.